The second-order valence-corrected chi connectivity index (χ2v) is 5.61. The first kappa shape index (κ1) is 16.6. The van der Waals surface area contributed by atoms with Crippen LogP contribution < -0.4 is 10.1 Å². The molecule has 0 aliphatic rings. The van der Waals surface area contributed by atoms with Gasteiger partial charge in [0.2, 0.25) is 0 Å². The maximum absolute atomic E-state index is 11.7. The summed E-state index contributed by atoms with van der Waals surface area (Å²) in [7, 11) is 0. The first-order valence-corrected chi connectivity index (χ1v) is 7.49. The number of ether oxygens (including phenoxy) is 1. The van der Waals surface area contributed by atoms with Crippen molar-refractivity contribution in [1.82, 2.24) is 10.5 Å². The van der Waals surface area contributed by atoms with Crippen LogP contribution in [-0.4, -0.2) is 24.2 Å². The van der Waals surface area contributed by atoms with Gasteiger partial charge >= 0.3 is 0 Å². The van der Waals surface area contributed by atoms with E-state index in [2.05, 4.69) is 10.5 Å². The van der Waals surface area contributed by atoms with Gasteiger partial charge in [-0.05, 0) is 38.5 Å². The van der Waals surface area contributed by atoms with Gasteiger partial charge < -0.3 is 14.6 Å². The number of nitrogens with zero attached hydrogens (tertiary/aromatic N) is 1. The molecule has 1 N–H and O–H groups in total. The molecule has 0 bridgehead atoms. The average Bonchev–Trinajstić information content (AvgIpc) is 2.78. The van der Waals surface area contributed by atoms with Crippen LogP contribution in [0.2, 0.25) is 10.0 Å². The third kappa shape index (κ3) is 4.39. The Bertz CT molecular complexity index is 651. The Balaban J connectivity index is 1.76. The molecule has 2 rings (SSSR count). The summed E-state index contributed by atoms with van der Waals surface area (Å²) in [5.74, 6) is 0.973. The number of amides is 1. The summed E-state index contributed by atoms with van der Waals surface area (Å²) < 4.78 is 10.4. The van der Waals surface area contributed by atoms with Crippen molar-refractivity contribution in [3.05, 3.63) is 45.3 Å². The van der Waals surface area contributed by atoms with Crippen molar-refractivity contribution in [2.45, 2.75) is 20.3 Å². The molecule has 0 saturated carbocycles. The summed E-state index contributed by atoms with van der Waals surface area (Å²) in [5.41, 5.74) is 1.86. The average molecular weight is 343 g/mol. The molecule has 1 aromatic carbocycles. The van der Waals surface area contributed by atoms with Crippen LogP contribution in [0.3, 0.4) is 0 Å². The van der Waals surface area contributed by atoms with Crippen LogP contribution in [0.25, 0.3) is 0 Å². The first-order valence-electron chi connectivity index (χ1n) is 6.73. The van der Waals surface area contributed by atoms with Gasteiger partial charge in [-0.1, -0.05) is 28.4 Å². The number of carbonyl (C=O) groups is 1. The molecule has 0 aliphatic heterocycles. The van der Waals surface area contributed by atoms with Crippen molar-refractivity contribution in [3.8, 4) is 5.75 Å². The highest BCUT2D eigenvalue weighted by molar-refractivity contribution is 6.35. The van der Waals surface area contributed by atoms with E-state index in [-0.39, 0.29) is 12.5 Å². The first-order chi connectivity index (χ1) is 10.5. The van der Waals surface area contributed by atoms with Crippen molar-refractivity contribution in [1.29, 1.82) is 0 Å². The lowest BCUT2D eigenvalue weighted by molar-refractivity contribution is -0.123. The van der Waals surface area contributed by atoms with E-state index in [1.807, 2.05) is 13.8 Å². The number of hydrogen-bond donors (Lipinski definition) is 1. The van der Waals surface area contributed by atoms with E-state index in [1.54, 1.807) is 18.2 Å². The van der Waals surface area contributed by atoms with E-state index >= 15 is 0 Å². The molecule has 0 spiro atoms. The minimum Gasteiger partial charge on any atom is -0.482 e. The molecule has 0 radical (unpaired) electrons. The summed E-state index contributed by atoms with van der Waals surface area (Å²) in [6, 6.07) is 4.84. The molecule has 0 aliphatic carbocycles. The SMILES string of the molecule is Cc1noc(C)c1CCNC(=O)COc1ccc(Cl)cc1Cl. The molecule has 5 nitrogen and oxygen atoms in total. The Morgan fingerprint density at radius 1 is 1.36 bits per heavy atom. The second kappa shape index (κ2) is 7.51. The van der Waals surface area contributed by atoms with E-state index in [4.69, 9.17) is 32.5 Å². The lowest BCUT2D eigenvalue weighted by atomic mass is 10.1. The lowest BCUT2D eigenvalue weighted by Gasteiger charge is -2.09. The number of aryl methyl sites for hydroxylation is 2. The van der Waals surface area contributed by atoms with E-state index in [0.29, 0.717) is 28.8 Å². The highest BCUT2D eigenvalue weighted by Gasteiger charge is 2.10. The highest BCUT2D eigenvalue weighted by atomic mass is 35.5. The van der Waals surface area contributed by atoms with Crippen LogP contribution in [-0.2, 0) is 11.2 Å². The Morgan fingerprint density at radius 3 is 2.77 bits per heavy atom. The number of hydrogen-bond acceptors (Lipinski definition) is 4. The fourth-order valence-electron chi connectivity index (χ4n) is 1.97. The molecule has 118 valence electrons. The molecule has 2 aromatic rings. The standard InChI is InChI=1S/C15H16Cl2N2O3/c1-9-12(10(2)22-19-9)5-6-18-15(20)8-21-14-4-3-11(16)7-13(14)17/h3-4,7H,5-6,8H2,1-2H3,(H,18,20). The van der Waals surface area contributed by atoms with Crippen molar-refractivity contribution in [3.63, 3.8) is 0 Å². The quantitative estimate of drug-likeness (QED) is 0.874. The van der Waals surface area contributed by atoms with Crippen LogP contribution in [0.15, 0.2) is 22.7 Å². The molecule has 0 atom stereocenters. The summed E-state index contributed by atoms with van der Waals surface area (Å²) in [5, 5.41) is 7.53. The van der Waals surface area contributed by atoms with Crippen molar-refractivity contribution < 1.29 is 14.1 Å². The van der Waals surface area contributed by atoms with Gasteiger partial charge in [0.25, 0.3) is 5.91 Å². The number of benzene rings is 1. The van der Waals surface area contributed by atoms with Gasteiger partial charge in [0.05, 0.1) is 10.7 Å². The number of nitrogens with one attached hydrogen (secondary N) is 1. The minimum atomic E-state index is -0.224. The van der Waals surface area contributed by atoms with Gasteiger partial charge in [-0.25, -0.2) is 0 Å². The molecule has 0 saturated heterocycles. The summed E-state index contributed by atoms with van der Waals surface area (Å²) >= 11 is 11.8. The molecule has 22 heavy (non-hydrogen) atoms. The molecule has 7 heteroatoms. The van der Waals surface area contributed by atoms with Gasteiger partial charge in [-0.2, -0.15) is 0 Å². The predicted octanol–water partition coefficient (Wildman–Crippen LogP) is 3.34. The Morgan fingerprint density at radius 2 is 2.14 bits per heavy atom. The molecule has 1 heterocycles. The number of aromatic nitrogens is 1. The molecular weight excluding hydrogens is 327 g/mol. The van der Waals surface area contributed by atoms with Crippen molar-refractivity contribution in [2.24, 2.45) is 0 Å². The largest absolute Gasteiger partial charge is 0.482 e. The van der Waals surface area contributed by atoms with Crippen LogP contribution >= 0.6 is 23.2 Å². The van der Waals surface area contributed by atoms with Gasteiger partial charge in [-0.15, -0.1) is 0 Å². The number of carbonyl (C=O) groups excluding carboxylic acids is 1. The zero-order valence-corrected chi connectivity index (χ0v) is 13.8. The second-order valence-electron chi connectivity index (χ2n) is 4.77. The molecule has 0 fully saturated rings. The Hall–Kier alpha value is -1.72. The van der Waals surface area contributed by atoms with Gasteiger partial charge in [0.1, 0.15) is 11.5 Å². The molecule has 1 aromatic heterocycles. The predicted molar refractivity (Wildman–Crippen MR) is 84.6 cm³/mol. The third-order valence-corrected chi connectivity index (χ3v) is 3.66. The van der Waals surface area contributed by atoms with Crippen LogP contribution in [0.5, 0.6) is 5.75 Å². The zero-order valence-electron chi connectivity index (χ0n) is 12.3. The third-order valence-electron chi connectivity index (χ3n) is 3.13. The van der Waals surface area contributed by atoms with Gasteiger partial charge in [0, 0.05) is 17.1 Å². The molecule has 0 unspecified atom stereocenters. The minimum absolute atomic E-state index is 0.108. The van der Waals surface area contributed by atoms with Crippen molar-refractivity contribution >= 4 is 29.1 Å². The Labute approximate surface area is 138 Å². The van der Waals surface area contributed by atoms with Crippen LogP contribution in [0, 0.1) is 13.8 Å². The summed E-state index contributed by atoms with van der Waals surface area (Å²) in [6.45, 7) is 4.10. The van der Waals surface area contributed by atoms with Crippen LogP contribution in [0.4, 0.5) is 0 Å². The lowest BCUT2D eigenvalue weighted by Crippen LogP contribution is -2.30. The topological polar surface area (TPSA) is 64.4 Å². The smallest absolute Gasteiger partial charge is 0.257 e. The zero-order chi connectivity index (χ0) is 16.1. The maximum atomic E-state index is 11.7. The number of rotatable bonds is 6. The monoisotopic (exact) mass is 342 g/mol. The van der Waals surface area contributed by atoms with E-state index in [1.165, 1.54) is 0 Å². The maximum Gasteiger partial charge on any atom is 0.257 e. The fraction of sp³-hybridized carbons (Fsp3) is 0.333. The van der Waals surface area contributed by atoms with E-state index < -0.39 is 0 Å². The molecular formula is C15H16Cl2N2O3. The summed E-state index contributed by atoms with van der Waals surface area (Å²) in [6.07, 6.45) is 0.661. The summed E-state index contributed by atoms with van der Waals surface area (Å²) in [4.78, 5) is 11.7. The highest BCUT2D eigenvalue weighted by Crippen LogP contribution is 2.27. The number of halogens is 2. The van der Waals surface area contributed by atoms with Crippen molar-refractivity contribution in [2.75, 3.05) is 13.2 Å². The normalized spacial score (nSPS) is 10.5. The van der Waals surface area contributed by atoms with E-state index in [0.717, 1.165) is 17.0 Å². The van der Waals surface area contributed by atoms with Crippen LogP contribution in [0.1, 0.15) is 17.0 Å². The van der Waals surface area contributed by atoms with Gasteiger partial charge in [-0.3, -0.25) is 4.79 Å². The fourth-order valence-corrected chi connectivity index (χ4v) is 2.44. The molecule has 1 amide bonds. The van der Waals surface area contributed by atoms with Gasteiger partial charge in [0.15, 0.2) is 6.61 Å². The van der Waals surface area contributed by atoms with E-state index in [9.17, 15) is 4.79 Å². The Kier molecular flexibility index (Phi) is 5.69.